The van der Waals surface area contributed by atoms with E-state index < -0.39 is 6.09 Å². The van der Waals surface area contributed by atoms with E-state index in [1.807, 2.05) is 47.4 Å². The summed E-state index contributed by atoms with van der Waals surface area (Å²) in [5, 5.41) is 2.68. The first-order valence-corrected chi connectivity index (χ1v) is 8.63. The molecule has 136 valence electrons. The van der Waals surface area contributed by atoms with Crippen molar-refractivity contribution in [2.75, 3.05) is 31.6 Å². The standard InChI is InChI=1S/C20H22N2O4/c23-19(22-10-12-25-13-11-22)14-16-6-8-18(9-7-16)21-20(24)26-15-17-4-2-1-3-5-17/h1-9H,10-15H2,(H,21,24). The lowest BCUT2D eigenvalue weighted by molar-refractivity contribution is -0.134. The zero-order valence-corrected chi connectivity index (χ0v) is 14.5. The Morgan fingerprint density at radius 3 is 2.35 bits per heavy atom. The zero-order valence-electron chi connectivity index (χ0n) is 14.5. The second kappa shape index (κ2) is 9.01. The lowest BCUT2D eigenvalue weighted by Gasteiger charge is -2.26. The Morgan fingerprint density at radius 2 is 1.65 bits per heavy atom. The van der Waals surface area contributed by atoms with E-state index in [0.29, 0.717) is 38.4 Å². The van der Waals surface area contributed by atoms with Crippen molar-refractivity contribution in [2.45, 2.75) is 13.0 Å². The van der Waals surface area contributed by atoms with Gasteiger partial charge in [-0.05, 0) is 23.3 Å². The van der Waals surface area contributed by atoms with Crippen LogP contribution in [0.2, 0.25) is 0 Å². The molecule has 0 atom stereocenters. The molecule has 0 bridgehead atoms. The van der Waals surface area contributed by atoms with Crippen molar-refractivity contribution >= 4 is 17.7 Å². The van der Waals surface area contributed by atoms with Gasteiger partial charge in [0, 0.05) is 18.8 Å². The lowest BCUT2D eigenvalue weighted by Crippen LogP contribution is -2.41. The summed E-state index contributed by atoms with van der Waals surface area (Å²) < 4.78 is 10.4. The first kappa shape index (κ1) is 17.9. The van der Waals surface area contributed by atoms with Crippen LogP contribution in [0.3, 0.4) is 0 Å². The second-order valence-corrected chi connectivity index (χ2v) is 6.05. The highest BCUT2D eigenvalue weighted by Gasteiger charge is 2.16. The number of morpholine rings is 1. The Bertz CT molecular complexity index is 725. The Balaban J connectivity index is 1.46. The molecular formula is C20H22N2O4. The third-order valence-corrected chi connectivity index (χ3v) is 4.13. The van der Waals surface area contributed by atoms with Gasteiger partial charge < -0.3 is 14.4 Å². The van der Waals surface area contributed by atoms with Gasteiger partial charge in [0.15, 0.2) is 0 Å². The van der Waals surface area contributed by atoms with E-state index in [-0.39, 0.29) is 12.5 Å². The maximum atomic E-state index is 12.2. The average Bonchev–Trinajstić information content (AvgIpc) is 2.69. The topological polar surface area (TPSA) is 67.9 Å². The van der Waals surface area contributed by atoms with Gasteiger partial charge in [-0.25, -0.2) is 4.79 Å². The molecule has 1 N–H and O–H groups in total. The number of anilines is 1. The Kier molecular flexibility index (Phi) is 6.22. The fourth-order valence-corrected chi connectivity index (χ4v) is 2.68. The van der Waals surface area contributed by atoms with Gasteiger partial charge >= 0.3 is 6.09 Å². The molecule has 0 unspecified atom stereocenters. The number of hydrogen-bond acceptors (Lipinski definition) is 4. The van der Waals surface area contributed by atoms with Crippen LogP contribution in [0.25, 0.3) is 0 Å². The molecule has 1 heterocycles. The summed E-state index contributed by atoms with van der Waals surface area (Å²) in [6, 6.07) is 16.7. The van der Waals surface area contributed by atoms with Crippen molar-refractivity contribution in [3.8, 4) is 0 Å². The molecule has 3 rings (SSSR count). The molecule has 2 aromatic carbocycles. The highest BCUT2D eigenvalue weighted by Crippen LogP contribution is 2.12. The number of ether oxygens (including phenoxy) is 2. The van der Waals surface area contributed by atoms with E-state index in [0.717, 1.165) is 11.1 Å². The number of amides is 2. The van der Waals surface area contributed by atoms with Crippen LogP contribution in [0.15, 0.2) is 54.6 Å². The summed E-state index contributed by atoms with van der Waals surface area (Å²) in [4.78, 5) is 25.9. The largest absolute Gasteiger partial charge is 0.444 e. The van der Waals surface area contributed by atoms with Crippen LogP contribution in [0.4, 0.5) is 10.5 Å². The average molecular weight is 354 g/mol. The van der Waals surface area contributed by atoms with Crippen LogP contribution in [-0.2, 0) is 27.3 Å². The van der Waals surface area contributed by atoms with Crippen LogP contribution in [-0.4, -0.2) is 43.2 Å². The van der Waals surface area contributed by atoms with Gasteiger partial charge in [-0.15, -0.1) is 0 Å². The van der Waals surface area contributed by atoms with Crippen LogP contribution in [0.1, 0.15) is 11.1 Å². The van der Waals surface area contributed by atoms with E-state index in [2.05, 4.69) is 5.32 Å². The van der Waals surface area contributed by atoms with E-state index >= 15 is 0 Å². The third-order valence-electron chi connectivity index (χ3n) is 4.13. The number of benzene rings is 2. The number of carbonyl (C=O) groups is 2. The number of rotatable bonds is 5. The quantitative estimate of drug-likeness (QED) is 0.897. The summed E-state index contributed by atoms with van der Waals surface area (Å²) in [6.07, 6.45) is -0.162. The number of hydrogen-bond donors (Lipinski definition) is 1. The van der Waals surface area contributed by atoms with Crippen molar-refractivity contribution in [3.05, 3.63) is 65.7 Å². The fourth-order valence-electron chi connectivity index (χ4n) is 2.68. The monoisotopic (exact) mass is 354 g/mol. The first-order chi connectivity index (χ1) is 12.7. The van der Waals surface area contributed by atoms with Crippen LogP contribution in [0, 0.1) is 0 Å². The minimum absolute atomic E-state index is 0.0938. The minimum atomic E-state index is -0.508. The van der Waals surface area contributed by atoms with Gasteiger partial charge in [0.25, 0.3) is 0 Å². The smallest absolute Gasteiger partial charge is 0.411 e. The molecule has 26 heavy (non-hydrogen) atoms. The van der Waals surface area contributed by atoms with E-state index in [4.69, 9.17) is 9.47 Å². The van der Waals surface area contributed by atoms with Crippen molar-refractivity contribution in [3.63, 3.8) is 0 Å². The van der Waals surface area contributed by atoms with Crippen LogP contribution < -0.4 is 5.32 Å². The fraction of sp³-hybridized carbons (Fsp3) is 0.300. The molecule has 1 fully saturated rings. The molecular weight excluding hydrogens is 332 g/mol. The van der Waals surface area contributed by atoms with Crippen molar-refractivity contribution in [2.24, 2.45) is 0 Å². The molecule has 1 aliphatic rings. The Labute approximate surface area is 152 Å². The minimum Gasteiger partial charge on any atom is -0.444 e. The number of nitrogens with zero attached hydrogens (tertiary/aromatic N) is 1. The predicted octanol–water partition coefficient (Wildman–Crippen LogP) is 2.84. The van der Waals surface area contributed by atoms with Gasteiger partial charge in [0.05, 0.1) is 19.6 Å². The Morgan fingerprint density at radius 1 is 0.962 bits per heavy atom. The van der Waals surface area contributed by atoms with Gasteiger partial charge in [-0.3, -0.25) is 10.1 Å². The van der Waals surface area contributed by atoms with E-state index in [1.54, 1.807) is 12.1 Å². The highest BCUT2D eigenvalue weighted by atomic mass is 16.5. The number of carbonyl (C=O) groups excluding carboxylic acids is 2. The highest BCUT2D eigenvalue weighted by molar-refractivity contribution is 5.85. The first-order valence-electron chi connectivity index (χ1n) is 8.63. The molecule has 6 nitrogen and oxygen atoms in total. The van der Waals surface area contributed by atoms with E-state index in [1.165, 1.54) is 0 Å². The maximum absolute atomic E-state index is 12.2. The maximum Gasteiger partial charge on any atom is 0.411 e. The lowest BCUT2D eigenvalue weighted by atomic mass is 10.1. The van der Waals surface area contributed by atoms with Gasteiger partial charge in [-0.1, -0.05) is 42.5 Å². The molecule has 1 saturated heterocycles. The summed E-state index contributed by atoms with van der Waals surface area (Å²) in [5.41, 5.74) is 2.47. The Hall–Kier alpha value is -2.86. The summed E-state index contributed by atoms with van der Waals surface area (Å²) in [7, 11) is 0. The molecule has 0 saturated carbocycles. The summed E-state index contributed by atoms with van der Waals surface area (Å²) in [6.45, 7) is 2.70. The second-order valence-electron chi connectivity index (χ2n) is 6.05. The van der Waals surface area contributed by atoms with Gasteiger partial charge in [0.2, 0.25) is 5.91 Å². The summed E-state index contributed by atoms with van der Waals surface area (Å²) >= 11 is 0. The molecule has 0 aromatic heterocycles. The normalized spacial score (nSPS) is 13.9. The molecule has 2 amide bonds. The van der Waals surface area contributed by atoms with Gasteiger partial charge in [-0.2, -0.15) is 0 Å². The van der Waals surface area contributed by atoms with Crippen molar-refractivity contribution in [1.82, 2.24) is 4.90 Å². The molecule has 1 aliphatic heterocycles. The van der Waals surface area contributed by atoms with Crippen LogP contribution >= 0.6 is 0 Å². The summed E-state index contributed by atoms with van der Waals surface area (Å²) in [5.74, 6) is 0.0938. The molecule has 0 spiro atoms. The number of nitrogens with one attached hydrogen (secondary N) is 1. The van der Waals surface area contributed by atoms with Crippen molar-refractivity contribution in [1.29, 1.82) is 0 Å². The van der Waals surface area contributed by atoms with Crippen molar-refractivity contribution < 1.29 is 19.1 Å². The third kappa shape index (κ3) is 5.32. The molecule has 2 aromatic rings. The predicted molar refractivity (Wildman–Crippen MR) is 97.8 cm³/mol. The van der Waals surface area contributed by atoms with Crippen LogP contribution in [0.5, 0.6) is 0 Å². The molecule has 0 aliphatic carbocycles. The SMILES string of the molecule is O=C(Nc1ccc(CC(=O)N2CCOCC2)cc1)OCc1ccccc1. The van der Waals surface area contributed by atoms with E-state index in [9.17, 15) is 9.59 Å². The zero-order chi connectivity index (χ0) is 18.2. The molecule has 0 radical (unpaired) electrons. The van der Waals surface area contributed by atoms with Gasteiger partial charge in [0.1, 0.15) is 6.61 Å². The molecule has 6 heteroatoms.